The molecule has 4 fully saturated rings. The fraction of sp³-hybridized carbons (Fsp3) is 0.714. The number of carbonyl (C=O) groups excluding carboxylic acids is 2. The average molecular weight is 250 g/mol. The lowest BCUT2D eigenvalue weighted by Crippen LogP contribution is -2.54. The summed E-state index contributed by atoms with van der Waals surface area (Å²) in [6.07, 6.45) is 7.20. The second kappa shape index (κ2) is 4.11. The van der Waals surface area contributed by atoms with E-state index in [-0.39, 0.29) is 29.4 Å². The number of hydrogen-bond acceptors (Lipinski definition) is 4. The zero-order chi connectivity index (χ0) is 12.8. The van der Waals surface area contributed by atoms with Crippen molar-refractivity contribution in [3.8, 4) is 0 Å². The molecule has 0 radical (unpaired) electrons. The number of ether oxygens (including phenoxy) is 2. The summed E-state index contributed by atoms with van der Waals surface area (Å²) in [6, 6.07) is 0. The van der Waals surface area contributed by atoms with Gasteiger partial charge in [0.25, 0.3) is 0 Å². The highest BCUT2D eigenvalue weighted by molar-refractivity contribution is 5.84. The van der Waals surface area contributed by atoms with Crippen LogP contribution in [0.1, 0.15) is 38.5 Å². The summed E-state index contributed by atoms with van der Waals surface area (Å²) >= 11 is 0. The van der Waals surface area contributed by atoms with Gasteiger partial charge in [0.2, 0.25) is 0 Å². The molecule has 2 saturated carbocycles. The molecule has 2 saturated heterocycles. The van der Waals surface area contributed by atoms with Crippen LogP contribution in [0.5, 0.6) is 0 Å². The van der Waals surface area contributed by atoms with E-state index in [0.29, 0.717) is 0 Å². The number of esters is 2. The van der Waals surface area contributed by atoms with Crippen molar-refractivity contribution in [2.75, 3.05) is 7.11 Å². The Hall–Kier alpha value is -1.32. The number of methoxy groups -OCH3 is 1. The highest BCUT2D eigenvalue weighted by Crippen LogP contribution is 2.57. The molecule has 0 aromatic rings. The van der Waals surface area contributed by atoms with E-state index in [9.17, 15) is 9.59 Å². The van der Waals surface area contributed by atoms with Gasteiger partial charge in [-0.25, -0.2) is 4.79 Å². The molecule has 1 unspecified atom stereocenters. The van der Waals surface area contributed by atoms with Gasteiger partial charge in [-0.2, -0.15) is 0 Å². The Balaban J connectivity index is 1.94. The molecule has 4 nitrogen and oxygen atoms in total. The Morgan fingerprint density at radius 2 is 2.33 bits per heavy atom. The molecule has 1 spiro atoms. The fourth-order valence-electron chi connectivity index (χ4n) is 3.89. The third-order valence-electron chi connectivity index (χ3n) is 4.80. The Kier molecular flexibility index (Phi) is 2.68. The predicted octanol–water partition coefficient (Wildman–Crippen LogP) is 1.98. The number of rotatable bonds is 1. The van der Waals surface area contributed by atoms with Crippen LogP contribution in [0.4, 0.5) is 0 Å². The molecule has 4 heteroatoms. The van der Waals surface area contributed by atoms with E-state index in [1.54, 1.807) is 6.08 Å². The van der Waals surface area contributed by atoms with Gasteiger partial charge < -0.3 is 9.47 Å². The molecule has 98 valence electrons. The molecule has 18 heavy (non-hydrogen) atoms. The van der Waals surface area contributed by atoms with Crippen LogP contribution in [0.2, 0.25) is 0 Å². The normalized spacial score (nSPS) is 40.3. The highest BCUT2D eigenvalue weighted by Gasteiger charge is 2.57. The van der Waals surface area contributed by atoms with Gasteiger partial charge in [0.05, 0.1) is 12.5 Å². The molecular formula is C14H18O4. The highest BCUT2D eigenvalue weighted by atomic mass is 16.5. The van der Waals surface area contributed by atoms with Crippen LogP contribution in [0.15, 0.2) is 11.6 Å². The van der Waals surface area contributed by atoms with Crippen molar-refractivity contribution >= 4 is 11.9 Å². The molecule has 3 atom stereocenters. The monoisotopic (exact) mass is 250 g/mol. The summed E-state index contributed by atoms with van der Waals surface area (Å²) in [6.45, 7) is 0. The maximum atomic E-state index is 12.1. The van der Waals surface area contributed by atoms with Crippen molar-refractivity contribution < 1.29 is 19.1 Å². The van der Waals surface area contributed by atoms with Gasteiger partial charge in [-0.1, -0.05) is 5.57 Å². The number of hydrogen-bond donors (Lipinski definition) is 0. The van der Waals surface area contributed by atoms with Gasteiger partial charge in [-0.3, -0.25) is 4.79 Å². The minimum atomic E-state index is -0.340. The van der Waals surface area contributed by atoms with Crippen LogP contribution in [-0.2, 0) is 19.1 Å². The van der Waals surface area contributed by atoms with Crippen LogP contribution in [0, 0.1) is 11.3 Å². The van der Waals surface area contributed by atoms with E-state index in [1.165, 1.54) is 7.11 Å². The molecule has 0 amide bonds. The first-order valence-corrected chi connectivity index (χ1v) is 6.65. The maximum absolute atomic E-state index is 12.1. The second-order valence-corrected chi connectivity index (χ2v) is 5.61. The lowest BCUT2D eigenvalue weighted by atomic mass is 9.55. The van der Waals surface area contributed by atoms with Gasteiger partial charge in [-0.05, 0) is 44.4 Å². The largest absolute Gasteiger partial charge is 0.466 e. The lowest BCUT2D eigenvalue weighted by molar-refractivity contribution is -0.192. The predicted molar refractivity (Wildman–Crippen MR) is 63.6 cm³/mol. The first-order chi connectivity index (χ1) is 8.65. The van der Waals surface area contributed by atoms with Crippen molar-refractivity contribution in [3.05, 3.63) is 11.6 Å². The first kappa shape index (κ1) is 11.8. The zero-order valence-corrected chi connectivity index (χ0v) is 10.6. The Bertz CT molecular complexity index is 422. The third-order valence-corrected chi connectivity index (χ3v) is 4.80. The molecular weight excluding hydrogens is 232 g/mol. The van der Waals surface area contributed by atoms with E-state index in [1.807, 2.05) is 0 Å². The molecule has 0 N–H and O–H groups in total. The third kappa shape index (κ3) is 1.58. The van der Waals surface area contributed by atoms with Crippen molar-refractivity contribution in [3.63, 3.8) is 0 Å². The van der Waals surface area contributed by atoms with Gasteiger partial charge >= 0.3 is 11.9 Å². The van der Waals surface area contributed by atoms with E-state index in [0.717, 1.165) is 44.1 Å². The Labute approximate surface area is 106 Å². The summed E-state index contributed by atoms with van der Waals surface area (Å²) < 4.78 is 10.1. The molecule has 2 aliphatic heterocycles. The van der Waals surface area contributed by atoms with E-state index < -0.39 is 0 Å². The summed E-state index contributed by atoms with van der Waals surface area (Å²) in [5.74, 6) is -0.146. The number of carbonyl (C=O) groups is 2. The first-order valence-electron chi connectivity index (χ1n) is 6.65. The quantitative estimate of drug-likeness (QED) is 0.527. The van der Waals surface area contributed by atoms with Crippen LogP contribution in [0.25, 0.3) is 0 Å². The van der Waals surface area contributed by atoms with Crippen LogP contribution < -0.4 is 0 Å². The lowest BCUT2D eigenvalue weighted by Gasteiger charge is -2.53. The Morgan fingerprint density at radius 1 is 1.50 bits per heavy atom. The SMILES string of the molecule is COC(=O)/C=C1\CCCC23CC[C@H](C[C@H]12)OC3=O. The minimum absolute atomic E-state index is 0.0366. The number of allylic oxidation sites excluding steroid dienone is 1. The van der Waals surface area contributed by atoms with E-state index >= 15 is 0 Å². The standard InChI is InChI=1S/C14H18O4/c1-17-12(15)7-9-3-2-5-14-6-4-10(8-11(9)14)18-13(14)16/h7,10-11H,2-6,8H2,1H3/b9-7+/t10-,11-,14?/m1/s1. The molecule has 4 rings (SSSR count). The zero-order valence-electron chi connectivity index (χ0n) is 10.6. The van der Waals surface area contributed by atoms with Crippen molar-refractivity contribution in [1.29, 1.82) is 0 Å². The summed E-state index contributed by atoms with van der Waals surface area (Å²) in [7, 11) is 1.39. The second-order valence-electron chi connectivity index (χ2n) is 5.61. The van der Waals surface area contributed by atoms with Crippen molar-refractivity contribution in [2.45, 2.75) is 44.6 Å². The maximum Gasteiger partial charge on any atom is 0.330 e. The molecule has 2 aliphatic carbocycles. The van der Waals surface area contributed by atoms with Crippen LogP contribution in [0.3, 0.4) is 0 Å². The van der Waals surface area contributed by atoms with Gasteiger partial charge in [0.1, 0.15) is 6.10 Å². The summed E-state index contributed by atoms with van der Waals surface area (Å²) in [4.78, 5) is 23.6. The van der Waals surface area contributed by atoms with Gasteiger partial charge in [-0.15, -0.1) is 0 Å². The average Bonchev–Trinajstić information content (AvgIpc) is 2.39. The molecule has 2 heterocycles. The number of fused-ring (bicyclic) bond motifs is 2. The topological polar surface area (TPSA) is 52.6 Å². The summed E-state index contributed by atoms with van der Waals surface area (Å²) in [5.41, 5.74) is 0.752. The summed E-state index contributed by atoms with van der Waals surface area (Å²) in [5, 5.41) is 0. The minimum Gasteiger partial charge on any atom is -0.466 e. The van der Waals surface area contributed by atoms with Crippen molar-refractivity contribution in [1.82, 2.24) is 0 Å². The van der Waals surface area contributed by atoms with E-state index in [4.69, 9.17) is 9.47 Å². The van der Waals surface area contributed by atoms with Gasteiger partial charge in [0.15, 0.2) is 0 Å². The molecule has 0 aromatic carbocycles. The fourth-order valence-corrected chi connectivity index (χ4v) is 3.89. The molecule has 2 bridgehead atoms. The van der Waals surface area contributed by atoms with E-state index in [2.05, 4.69) is 0 Å². The van der Waals surface area contributed by atoms with Crippen molar-refractivity contribution in [2.24, 2.45) is 11.3 Å². The van der Waals surface area contributed by atoms with Crippen LogP contribution in [-0.4, -0.2) is 25.2 Å². The van der Waals surface area contributed by atoms with Gasteiger partial charge in [0, 0.05) is 6.08 Å². The Morgan fingerprint density at radius 3 is 3.06 bits per heavy atom. The molecule has 0 aromatic heterocycles. The smallest absolute Gasteiger partial charge is 0.330 e. The molecule has 4 aliphatic rings. The van der Waals surface area contributed by atoms with Crippen LogP contribution >= 0.6 is 0 Å².